The van der Waals surface area contributed by atoms with E-state index in [4.69, 9.17) is 0 Å². The van der Waals surface area contributed by atoms with E-state index in [2.05, 4.69) is 5.32 Å². The van der Waals surface area contributed by atoms with E-state index in [1.54, 1.807) is 35.2 Å². The number of para-hydroxylation sites is 1. The number of benzene rings is 1. The second-order valence-corrected chi connectivity index (χ2v) is 5.24. The molecule has 108 valence electrons. The molecule has 4 nitrogen and oxygen atoms in total. The van der Waals surface area contributed by atoms with Crippen LogP contribution in [-0.2, 0) is 11.3 Å². The number of nitrogens with one attached hydrogen (secondary N) is 1. The lowest BCUT2D eigenvalue weighted by molar-refractivity contribution is -0.116. The molecule has 0 bridgehead atoms. The summed E-state index contributed by atoms with van der Waals surface area (Å²) in [6.45, 7) is 0.0479. The van der Waals surface area contributed by atoms with Crippen molar-refractivity contribution in [2.24, 2.45) is 5.92 Å². The number of halogens is 1. The molecule has 1 fully saturated rings. The Bertz CT molecular complexity index is 689. The predicted octanol–water partition coefficient (Wildman–Crippen LogP) is 2.86. The zero-order chi connectivity index (χ0) is 14.8. The minimum absolute atomic E-state index is 0.0479. The van der Waals surface area contributed by atoms with Crippen LogP contribution >= 0.6 is 0 Å². The van der Waals surface area contributed by atoms with E-state index in [1.807, 2.05) is 0 Å². The van der Waals surface area contributed by atoms with Gasteiger partial charge in [-0.1, -0.05) is 12.1 Å². The van der Waals surface area contributed by atoms with Gasteiger partial charge >= 0.3 is 0 Å². The normalized spacial score (nSPS) is 14.0. The Labute approximate surface area is 121 Å². The first-order valence-corrected chi connectivity index (χ1v) is 6.88. The Morgan fingerprint density at radius 1 is 1.24 bits per heavy atom. The molecule has 2 aromatic rings. The van der Waals surface area contributed by atoms with Crippen LogP contribution in [0.3, 0.4) is 0 Å². The highest BCUT2D eigenvalue weighted by atomic mass is 19.1. The summed E-state index contributed by atoms with van der Waals surface area (Å²) in [5.41, 5.74) is 0.792. The van der Waals surface area contributed by atoms with E-state index >= 15 is 0 Å². The molecule has 1 heterocycles. The summed E-state index contributed by atoms with van der Waals surface area (Å²) in [4.78, 5) is 23.8. The lowest BCUT2D eigenvalue weighted by atomic mass is 10.1. The van der Waals surface area contributed by atoms with Gasteiger partial charge in [-0.2, -0.15) is 0 Å². The van der Waals surface area contributed by atoms with Gasteiger partial charge in [-0.05, 0) is 31.0 Å². The van der Waals surface area contributed by atoms with Gasteiger partial charge in [-0.25, -0.2) is 4.39 Å². The van der Waals surface area contributed by atoms with Crippen LogP contribution in [0.1, 0.15) is 23.2 Å². The van der Waals surface area contributed by atoms with Crippen LogP contribution in [0.4, 0.5) is 10.1 Å². The van der Waals surface area contributed by atoms with Crippen LogP contribution in [-0.4, -0.2) is 16.3 Å². The largest absolute Gasteiger partial charge is 0.344 e. The van der Waals surface area contributed by atoms with E-state index in [0.717, 1.165) is 12.8 Å². The van der Waals surface area contributed by atoms with Crippen LogP contribution in [0, 0.1) is 11.7 Å². The zero-order valence-electron chi connectivity index (χ0n) is 11.4. The number of hydrogen-bond donors (Lipinski definition) is 1. The van der Waals surface area contributed by atoms with Crippen molar-refractivity contribution in [3.05, 3.63) is 54.1 Å². The van der Waals surface area contributed by atoms with Crippen molar-refractivity contribution in [2.75, 3.05) is 5.32 Å². The number of aromatic nitrogens is 1. The van der Waals surface area contributed by atoms with Crippen molar-refractivity contribution in [3.8, 4) is 0 Å². The van der Waals surface area contributed by atoms with Gasteiger partial charge in [0.2, 0.25) is 5.91 Å². The van der Waals surface area contributed by atoms with E-state index in [0.29, 0.717) is 5.56 Å². The lowest BCUT2D eigenvalue weighted by Crippen LogP contribution is -2.18. The van der Waals surface area contributed by atoms with Crippen LogP contribution in [0.5, 0.6) is 0 Å². The summed E-state index contributed by atoms with van der Waals surface area (Å²) in [5, 5.41) is 2.51. The second-order valence-electron chi connectivity index (χ2n) is 5.24. The molecule has 1 aromatic carbocycles. The van der Waals surface area contributed by atoms with Crippen molar-refractivity contribution in [1.29, 1.82) is 0 Å². The summed E-state index contributed by atoms with van der Waals surface area (Å²) >= 11 is 0. The van der Waals surface area contributed by atoms with Gasteiger partial charge < -0.3 is 9.88 Å². The minimum atomic E-state index is -0.469. The van der Waals surface area contributed by atoms with Gasteiger partial charge in [0.15, 0.2) is 5.78 Å². The Hall–Kier alpha value is -2.43. The standard InChI is InChI=1S/C16H15FN2O2/c17-13-3-1-2-4-14(13)18-15(20)10-19-8-7-12(9-19)16(21)11-5-6-11/h1-4,7-9,11H,5-6,10H2,(H,18,20). The van der Waals surface area contributed by atoms with Gasteiger partial charge in [-0.3, -0.25) is 9.59 Å². The van der Waals surface area contributed by atoms with Crippen LogP contribution in [0.2, 0.25) is 0 Å². The average Bonchev–Trinajstić information content (AvgIpc) is 3.21. The summed E-state index contributed by atoms with van der Waals surface area (Å²) < 4.78 is 15.1. The zero-order valence-corrected chi connectivity index (χ0v) is 11.4. The number of rotatable bonds is 5. The van der Waals surface area contributed by atoms with Gasteiger partial charge in [0, 0.05) is 23.9 Å². The molecule has 0 unspecified atom stereocenters. The van der Waals surface area contributed by atoms with Gasteiger partial charge in [0.1, 0.15) is 12.4 Å². The van der Waals surface area contributed by atoms with Crippen molar-refractivity contribution in [3.63, 3.8) is 0 Å². The van der Waals surface area contributed by atoms with Crippen molar-refractivity contribution < 1.29 is 14.0 Å². The van der Waals surface area contributed by atoms with Gasteiger partial charge in [0.25, 0.3) is 0 Å². The monoisotopic (exact) mass is 286 g/mol. The average molecular weight is 286 g/mol. The number of nitrogens with zero attached hydrogens (tertiary/aromatic N) is 1. The number of ketones is 1. The fourth-order valence-corrected chi connectivity index (χ4v) is 2.18. The third-order valence-corrected chi connectivity index (χ3v) is 3.46. The number of Topliss-reactive ketones (excluding diaryl/α,β-unsaturated/α-hetero) is 1. The summed E-state index contributed by atoms with van der Waals surface area (Å²) in [7, 11) is 0. The maximum absolute atomic E-state index is 13.4. The molecular weight excluding hydrogens is 271 g/mol. The molecule has 0 aliphatic heterocycles. The maximum Gasteiger partial charge on any atom is 0.244 e. The van der Waals surface area contributed by atoms with Crippen LogP contribution in [0.25, 0.3) is 0 Å². The van der Waals surface area contributed by atoms with E-state index in [9.17, 15) is 14.0 Å². The molecule has 1 N–H and O–H groups in total. The number of amides is 1. The molecule has 1 aliphatic rings. The highest BCUT2D eigenvalue weighted by Gasteiger charge is 2.30. The Morgan fingerprint density at radius 3 is 2.71 bits per heavy atom. The fourth-order valence-electron chi connectivity index (χ4n) is 2.18. The van der Waals surface area contributed by atoms with E-state index in [1.165, 1.54) is 12.1 Å². The minimum Gasteiger partial charge on any atom is -0.344 e. The Kier molecular flexibility index (Phi) is 3.56. The van der Waals surface area contributed by atoms with Crippen molar-refractivity contribution in [1.82, 2.24) is 4.57 Å². The second kappa shape index (κ2) is 5.52. The highest BCUT2D eigenvalue weighted by molar-refractivity contribution is 5.99. The number of hydrogen-bond acceptors (Lipinski definition) is 2. The SMILES string of the molecule is O=C(Cn1ccc(C(=O)C2CC2)c1)Nc1ccccc1F. The molecule has 0 saturated heterocycles. The number of anilines is 1. The van der Waals surface area contributed by atoms with Gasteiger partial charge in [0.05, 0.1) is 5.69 Å². The Balaban J connectivity index is 1.62. The first-order valence-electron chi connectivity index (χ1n) is 6.88. The smallest absolute Gasteiger partial charge is 0.244 e. The summed E-state index contributed by atoms with van der Waals surface area (Å²) in [6.07, 6.45) is 5.27. The highest BCUT2D eigenvalue weighted by Crippen LogP contribution is 2.32. The third kappa shape index (κ3) is 3.18. The molecule has 1 amide bonds. The van der Waals surface area contributed by atoms with E-state index < -0.39 is 5.82 Å². The molecule has 3 rings (SSSR count). The first-order chi connectivity index (χ1) is 10.1. The molecular formula is C16H15FN2O2. The number of carbonyl (C=O) groups is 2. The molecule has 1 saturated carbocycles. The lowest BCUT2D eigenvalue weighted by Gasteiger charge is -2.06. The first kappa shape index (κ1) is 13.5. The predicted molar refractivity (Wildman–Crippen MR) is 76.5 cm³/mol. The topological polar surface area (TPSA) is 51.1 Å². The van der Waals surface area contributed by atoms with Crippen LogP contribution in [0.15, 0.2) is 42.7 Å². The van der Waals surface area contributed by atoms with Crippen LogP contribution < -0.4 is 5.32 Å². The molecule has 0 spiro atoms. The Morgan fingerprint density at radius 2 is 2.00 bits per heavy atom. The molecule has 0 radical (unpaired) electrons. The fraction of sp³-hybridized carbons (Fsp3) is 0.250. The van der Waals surface area contributed by atoms with Crippen molar-refractivity contribution >= 4 is 17.4 Å². The number of carbonyl (C=O) groups excluding carboxylic acids is 2. The summed E-state index contributed by atoms with van der Waals surface area (Å²) in [6, 6.07) is 7.73. The quantitative estimate of drug-likeness (QED) is 0.859. The molecule has 1 aromatic heterocycles. The van der Waals surface area contributed by atoms with Crippen molar-refractivity contribution in [2.45, 2.75) is 19.4 Å². The molecule has 5 heteroatoms. The molecule has 21 heavy (non-hydrogen) atoms. The van der Waals surface area contributed by atoms with Gasteiger partial charge in [-0.15, -0.1) is 0 Å². The maximum atomic E-state index is 13.4. The summed E-state index contributed by atoms with van der Waals surface area (Å²) in [5.74, 6) is -0.500. The molecule has 1 aliphatic carbocycles. The molecule has 0 atom stereocenters. The third-order valence-electron chi connectivity index (χ3n) is 3.46. The van der Waals surface area contributed by atoms with E-state index in [-0.39, 0.29) is 29.8 Å².